The van der Waals surface area contributed by atoms with Crippen LogP contribution >= 0.6 is 45.6 Å². The Balaban J connectivity index is -0.000000210. The molecule has 0 aromatic heterocycles. The summed E-state index contributed by atoms with van der Waals surface area (Å²) in [5, 5.41) is 0. The number of thiocarbonyl (C=S) groups is 1. The van der Waals surface area contributed by atoms with E-state index in [0.717, 1.165) is 10.1 Å². The van der Waals surface area contributed by atoms with Crippen molar-refractivity contribution in [2.24, 2.45) is 0 Å². The number of unbranched alkanes of at least 4 members (excludes halogenated alkanes) is 1. The maximum absolute atomic E-state index is 10.2. The van der Waals surface area contributed by atoms with Crippen molar-refractivity contribution in [3.63, 3.8) is 0 Å². The maximum Gasteiger partial charge on any atom is 1.00 e. The van der Waals surface area contributed by atoms with E-state index in [1.54, 1.807) is 11.8 Å². The van der Waals surface area contributed by atoms with Gasteiger partial charge < -0.3 is 14.0 Å². The van der Waals surface area contributed by atoms with Crippen LogP contribution in [-0.4, -0.2) is 78.0 Å². The van der Waals surface area contributed by atoms with Gasteiger partial charge in [0, 0.05) is 42.9 Å². The van der Waals surface area contributed by atoms with Gasteiger partial charge in [0.2, 0.25) is 0 Å². The maximum atomic E-state index is 10.2. The Kier molecular flexibility index (Phi) is 31.2. The predicted octanol–water partition coefficient (Wildman–Crippen LogP) is -3.39. The van der Waals surface area contributed by atoms with Crippen molar-refractivity contribution in [1.29, 1.82) is 0 Å². The zero-order valence-corrected chi connectivity index (χ0v) is 26.1. The van der Waals surface area contributed by atoms with Crippen LogP contribution in [0.5, 0.6) is 0 Å². The Bertz CT molecular complexity index is 536. The van der Waals surface area contributed by atoms with Gasteiger partial charge in [-0.15, -0.1) is 0 Å². The zero-order valence-electron chi connectivity index (χ0n) is 17.2. The topological polar surface area (TPSA) is 118 Å². The van der Waals surface area contributed by atoms with Gasteiger partial charge in [0.25, 0.3) is 0 Å². The molecule has 0 saturated heterocycles. The van der Waals surface area contributed by atoms with Crippen molar-refractivity contribution in [3.8, 4) is 0 Å². The normalized spacial score (nSPS) is 10.8. The van der Waals surface area contributed by atoms with Crippen molar-refractivity contribution in [2.45, 2.75) is 32.6 Å². The molecule has 0 rings (SSSR count). The molecule has 0 saturated carbocycles. The summed E-state index contributed by atoms with van der Waals surface area (Å²) in [4.78, 5) is 1.98. The molecule has 0 aliphatic rings. The van der Waals surface area contributed by atoms with E-state index in [1.165, 1.54) is 34.4 Å². The molecular formula is C13H27NNa2O6S6. The molecule has 0 radical (unpaired) electrons. The molecule has 0 atom stereocenters. The average molecular weight is 532 g/mol. The molecule has 0 aromatic rings. The van der Waals surface area contributed by atoms with Gasteiger partial charge >= 0.3 is 59.1 Å². The van der Waals surface area contributed by atoms with Crippen molar-refractivity contribution >= 4 is 70.1 Å². The summed E-state index contributed by atoms with van der Waals surface area (Å²) in [7, 11) is -1.57. The SMILES string of the molecule is CCCCSC(=S)N(C)C.O=S(=O)([O-])CCCSSCCCS(=O)(=O)[O-].[Na+].[Na+]. The third-order valence-corrected chi connectivity index (χ3v) is 8.39. The van der Waals surface area contributed by atoms with Crippen molar-refractivity contribution in [1.82, 2.24) is 4.90 Å². The van der Waals surface area contributed by atoms with Crippen LogP contribution in [0.25, 0.3) is 0 Å². The quantitative estimate of drug-likeness (QED) is 0.0825. The molecule has 0 aliphatic heterocycles. The van der Waals surface area contributed by atoms with Crippen LogP contribution in [0.15, 0.2) is 0 Å². The molecule has 28 heavy (non-hydrogen) atoms. The number of thioether (sulfide) groups is 1. The third-order valence-electron chi connectivity index (χ3n) is 2.42. The summed E-state index contributed by atoms with van der Waals surface area (Å²) < 4.78 is 62.2. The van der Waals surface area contributed by atoms with Gasteiger partial charge in [-0.1, -0.05) is 58.9 Å². The van der Waals surface area contributed by atoms with Crippen LogP contribution in [-0.2, 0) is 20.2 Å². The molecule has 0 heterocycles. The molecule has 0 spiro atoms. The molecule has 7 nitrogen and oxygen atoms in total. The van der Waals surface area contributed by atoms with Gasteiger partial charge in [0.1, 0.15) is 4.32 Å². The molecule has 0 aliphatic carbocycles. The van der Waals surface area contributed by atoms with Crippen molar-refractivity contribution < 1.29 is 85.1 Å². The molecule has 15 heteroatoms. The Morgan fingerprint density at radius 3 is 1.54 bits per heavy atom. The van der Waals surface area contributed by atoms with Crippen LogP contribution in [0.3, 0.4) is 0 Å². The minimum Gasteiger partial charge on any atom is -0.748 e. The smallest absolute Gasteiger partial charge is 0.748 e. The van der Waals surface area contributed by atoms with Crippen LogP contribution in [0.4, 0.5) is 0 Å². The fourth-order valence-corrected chi connectivity index (χ4v) is 5.79. The summed E-state index contributed by atoms with van der Waals surface area (Å²) in [6.07, 6.45) is 3.08. The molecule has 0 N–H and O–H groups in total. The Morgan fingerprint density at radius 2 is 1.25 bits per heavy atom. The number of hydrogen-bond donors (Lipinski definition) is 0. The average Bonchev–Trinajstić information content (AvgIpc) is 2.48. The second-order valence-corrected chi connectivity index (χ2v) is 12.7. The first kappa shape index (κ1) is 38.0. The van der Waals surface area contributed by atoms with Crippen LogP contribution in [0.1, 0.15) is 32.6 Å². The van der Waals surface area contributed by atoms with Gasteiger partial charge in [0.05, 0.1) is 20.2 Å². The van der Waals surface area contributed by atoms with Crippen LogP contribution < -0.4 is 59.1 Å². The first-order valence-electron chi connectivity index (χ1n) is 7.84. The summed E-state index contributed by atoms with van der Waals surface area (Å²) in [6.45, 7) is 2.19. The minimum absolute atomic E-state index is 0. The number of nitrogens with zero attached hydrogens (tertiary/aromatic N) is 1. The van der Waals surface area contributed by atoms with Crippen LogP contribution in [0.2, 0.25) is 0 Å². The number of rotatable bonds is 12. The van der Waals surface area contributed by atoms with Crippen molar-refractivity contribution in [3.05, 3.63) is 0 Å². The number of hydrogen-bond acceptors (Lipinski definition) is 10. The third kappa shape index (κ3) is 36.2. The van der Waals surface area contributed by atoms with E-state index >= 15 is 0 Å². The Morgan fingerprint density at radius 1 is 0.857 bits per heavy atom. The molecule has 0 unspecified atom stereocenters. The monoisotopic (exact) mass is 531 g/mol. The largest absolute Gasteiger partial charge is 1.00 e. The molecule has 0 bridgehead atoms. The molecule has 0 aromatic carbocycles. The van der Waals surface area contributed by atoms with Gasteiger partial charge in [0.15, 0.2) is 0 Å². The molecule has 0 amide bonds. The van der Waals surface area contributed by atoms with E-state index in [9.17, 15) is 25.9 Å². The summed E-state index contributed by atoms with van der Waals surface area (Å²) in [5.41, 5.74) is 0. The summed E-state index contributed by atoms with van der Waals surface area (Å²) >= 11 is 6.85. The van der Waals surface area contributed by atoms with E-state index in [1.807, 2.05) is 19.0 Å². The summed E-state index contributed by atoms with van der Waals surface area (Å²) in [6, 6.07) is 0. The first-order chi connectivity index (χ1) is 11.9. The van der Waals surface area contributed by atoms with Crippen molar-refractivity contribution in [2.75, 3.05) is 42.9 Å². The second kappa shape index (κ2) is 22.9. The van der Waals surface area contributed by atoms with E-state index in [0.29, 0.717) is 11.5 Å². The van der Waals surface area contributed by atoms with Crippen LogP contribution in [0, 0.1) is 0 Å². The van der Waals surface area contributed by atoms with Gasteiger partial charge in [-0.25, -0.2) is 16.8 Å². The molecular weight excluding hydrogens is 505 g/mol. The standard InChI is InChI=1S/C7H15NS2.C6H14O6S4.2Na/c1-4-5-6-10-7(9)8(2)3;7-15(8,9)5-1-3-13-14-4-2-6-16(10,11)12;;/h4-6H2,1-3H3;1-6H2,(H,7,8,9)(H,10,11,12);;/q;;2*+1/p-2. The van der Waals surface area contributed by atoms with E-state index < -0.39 is 20.2 Å². The Labute approximate surface area is 232 Å². The van der Waals surface area contributed by atoms with Gasteiger partial charge in [-0.2, -0.15) is 0 Å². The van der Waals surface area contributed by atoms with E-state index in [2.05, 4.69) is 6.92 Å². The Hall–Kier alpha value is 2.76. The fourth-order valence-electron chi connectivity index (χ4n) is 1.14. The van der Waals surface area contributed by atoms with E-state index in [-0.39, 0.29) is 83.5 Å². The first-order valence-corrected chi connectivity index (χ1v) is 14.9. The summed E-state index contributed by atoms with van der Waals surface area (Å²) in [5.74, 6) is 1.42. The minimum atomic E-state index is -4.13. The van der Waals surface area contributed by atoms with E-state index in [4.69, 9.17) is 12.2 Å². The van der Waals surface area contributed by atoms with Gasteiger partial charge in [-0.3, -0.25) is 0 Å². The fraction of sp³-hybridized carbons (Fsp3) is 0.923. The second-order valence-electron chi connectivity index (χ2n) is 5.24. The molecule has 158 valence electrons. The molecule has 0 fully saturated rings. The predicted molar refractivity (Wildman–Crippen MR) is 117 cm³/mol. The zero-order chi connectivity index (χ0) is 20.6. The van der Waals surface area contributed by atoms with Gasteiger partial charge in [-0.05, 0) is 19.3 Å².